The first-order chi connectivity index (χ1) is 8.70. The highest BCUT2D eigenvalue weighted by molar-refractivity contribution is 6.30. The smallest absolute Gasteiger partial charge is 0.123 e. The van der Waals surface area contributed by atoms with Crippen LogP contribution in [0.3, 0.4) is 0 Å². The normalized spacial score (nSPS) is 20.9. The van der Waals surface area contributed by atoms with Crippen molar-refractivity contribution in [2.75, 3.05) is 13.7 Å². The minimum atomic E-state index is -0.0807. The monoisotopic (exact) mass is 288 g/mol. The van der Waals surface area contributed by atoms with Crippen molar-refractivity contribution in [1.82, 2.24) is 0 Å². The predicted octanol–water partition coefficient (Wildman–Crippen LogP) is 4.59. The molecule has 0 bridgehead atoms. The number of hydrogen-bond donors (Lipinski definition) is 0. The van der Waals surface area contributed by atoms with Gasteiger partial charge < -0.3 is 9.47 Å². The topological polar surface area (TPSA) is 18.5 Å². The largest absolute Gasteiger partial charge is 0.496 e. The van der Waals surface area contributed by atoms with Crippen LogP contribution in [0.25, 0.3) is 0 Å². The molecular weight excluding hydrogens is 271 g/mol. The maximum absolute atomic E-state index is 6.45. The molecule has 2 nitrogen and oxygen atoms in total. The number of benzene rings is 1. The molecule has 1 fully saturated rings. The Kier molecular flexibility index (Phi) is 5.16. The Balaban J connectivity index is 1.98. The van der Waals surface area contributed by atoms with Crippen LogP contribution in [0.4, 0.5) is 0 Å². The summed E-state index contributed by atoms with van der Waals surface area (Å²) in [5.41, 5.74) is 0.963. The van der Waals surface area contributed by atoms with Crippen LogP contribution in [0.2, 0.25) is 5.02 Å². The summed E-state index contributed by atoms with van der Waals surface area (Å²) in [4.78, 5) is 0. The lowest BCUT2D eigenvalue weighted by Crippen LogP contribution is -2.06. The predicted molar refractivity (Wildman–Crippen MR) is 74.8 cm³/mol. The molecular formula is C14H18Cl2O2. The van der Waals surface area contributed by atoms with Crippen LogP contribution < -0.4 is 4.74 Å². The fourth-order valence-corrected chi connectivity index (χ4v) is 2.79. The highest BCUT2D eigenvalue weighted by Crippen LogP contribution is 2.36. The molecule has 4 heteroatoms. The molecule has 0 N–H and O–H groups in total. The molecule has 0 aliphatic carbocycles. The van der Waals surface area contributed by atoms with Crippen molar-refractivity contribution in [1.29, 1.82) is 0 Å². The number of hydrogen-bond acceptors (Lipinski definition) is 2. The zero-order valence-electron chi connectivity index (χ0n) is 10.5. The van der Waals surface area contributed by atoms with Crippen LogP contribution in [0.15, 0.2) is 18.2 Å². The Morgan fingerprint density at radius 1 is 1.50 bits per heavy atom. The maximum atomic E-state index is 6.45. The van der Waals surface area contributed by atoms with E-state index in [1.165, 1.54) is 0 Å². The number of rotatable bonds is 5. The highest BCUT2D eigenvalue weighted by atomic mass is 35.5. The van der Waals surface area contributed by atoms with Crippen LogP contribution in [-0.2, 0) is 4.74 Å². The van der Waals surface area contributed by atoms with Crippen molar-refractivity contribution in [3.05, 3.63) is 28.8 Å². The van der Waals surface area contributed by atoms with E-state index in [1.807, 2.05) is 18.2 Å². The van der Waals surface area contributed by atoms with E-state index in [0.29, 0.717) is 11.1 Å². The Bertz CT molecular complexity index is 389. The van der Waals surface area contributed by atoms with Gasteiger partial charge in [0.05, 0.1) is 18.6 Å². The summed E-state index contributed by atoms with van der Waals surface area (Å²) in [6.07, 6.45) is 4.55. The lowest BCUT2D eigenvalue weighted by atomic mass is 10.0. The quantitative estimate of drug-likeness (QED) is 0.738. The molecule has 0 spiro atoms. The summed E-state index contributed by atoms with van der Waals surface area (Å²) in [6, 6.07) is 5.56. The van der Waals surface area contributed by atoms with E-state index in [9.17, 15) is 0 Å². The summed E-state index contributed by atoms with van der Waals surface area (Å²) >= 11 is 12.5. The third-order valence-electron chi connectivity index (χ3n) is 3.30. The van der Waals surface area contributed by atoms with Gasteiger partial charge >= 0.3 is 0 Å². The minimum absolute atomic E-state index is 0.0807. The lowest BCUT2D eigenvalue weighted by molar-refractivity contribution is 0.102. The van der Waals surface area contributed by atoms with Gasteiger partial charge in [-0.15, -0.1) is 11.6 Å². The molecule has 1 aromatic rings. The molecule has 2 atom stereocenters. The molecule has 1 aliphatic heterocycles. The van der Waals surface area contributed by atoms with Gasteiger partial charge in [-0.05, 0) is 43.9 Å². The van der Waals surface area contributed by atoms with Crippen molar-refractivity contribution >= 4 is 23.2 Å². The van der Waals surface area contributed by atoms with Gasteiger partial charge in [-0.25, -0.2) is 0 Å². The maximum Gasteiger partial charge on any atom is 0.123 e. The standard InChI is InChI=1S/C14H18Cl2O2/c1-17-14-7-4-10(15)9-12(14)13(16)6-5-11-3-2-8-18-11/h4,7,9,11,13H,2-3,5-6,8H2,1H3. The first-order valence-corrected chi connectivity index (χ1v) is 7.11. The second kappa shape index (κ2) is 6.65. The van der Waals surface area contributed by atoms with Crippen LogP contribution in [0, 0.1) is 0 Å². The van der Waals surface area contributed by atoms with Gasteiger partial charge in [0.15, 0.2) is 0 Å². The number of ether oxygens (including phenoxy) is 2. The molecule has 100 valence electrons. The second-order valence-corrected chi connectivity index (χ2v) is 5.53. The Labute approximate surface area is 118 Å². The summed E-state index contributed by atoms with van der Waals surface area (Å²) in [7, 11) is 1.65. The van der Waals surface area contributed by atoms with E-state index in [2.05, 4.69) is 0 Å². The molecule has 18 heavy (non-hydrogen) atoms. The molecule has 1 saturated heterocycles. The van der Waals surface area contributed by atoms with E-state index in [4.69, 9.17) is 32.7 Å². The summed E-state index contributed by atoms with van der Waals surface area (Å²) < 4.78 is 10.9. The van der Waals surface area contributed by atoms with Crippen molar-refractivity contribution in [2.24, 2.45) is 0 Å². The van der Waals surface area contributed by atoms with Gasteiger partial charge in [0, 0.05) is 17.2 Å². The van der Waals surface area contributed by atoms with Crippen LogP contribution >= 0.6 is 23.2 Å². The zero-order valence-corrected chi connectivity index (χ0v) is 12.0. The molecule has 2 unspecified atom stereocenters. The summed E-state index contributed by atoms with van der Waals surface area (Å²) in [5.74, 6) is 0.798. The Morgan fingerprint density at radius 2 is 2.33 bits per heavy atom. The van der Waals surface area contributed by atoms with E-state index in [-0.39, 0.29) is 5.38 Å². The van der Waals surface area contributed by atoms with E-state index in [0.717, 1.165) is 43.6 Å². The van der Waals surface area contributed by atoms with Crippen LogP contribution in [0.5, 0.6) is 5.75 Å². The van der Waals surface area contributed by atoms with Gasteiger partial charge in [-0.1, -0.05) is 11.6 Å². The van der Waals surface area contributed by atoms with Crippen molar-refractivity contribution in [3.63, 3.8) is 0 Å². The summed E-state index contributed by atoms with van der Waals surface area (Å²) in [5, 5.41) is 0.608. The molecule has 0 aromatic heterocycles. The molecule has 0 radical (unpaired) electrons. The second-order valence-electron chi connectivity index (χ2n) is 4.57. The lowest BCUT2D eigenvalue weighted by Gasteiger charge is -2.16. The van der Waals surface area contributed by atoms with Gasteiger partial charge in [0.1, 0.15) is 5.75 Å². The molecule has 1 heterocycles. The van der Waals surface area contributed by atoms with Crippen LogP contribution in [0.1, 0.15) is 36.6 Å². The van der Waals surface area contributed by atoms with Gasteiger partial charge in [-0.3, -0.25) is 0 Å². The number of halogens is 2. The molecule has 0 amide bonds. The molecule has 2 rings (SSSR count). The highest BCUT2D eigenvalue weighted by Gasteiger charge is 2.19. The first kappa shape index (κ1) is 14.0. The van der Waals surface area contributed by atoms with Crippen molar-refractivity contribution < 1.29 is 9.47 Å². The molecule has 0 saturated carbocycles. The molecule has 1 aliphatic rings. The average molecular weight is 289 g/mol. The first-order valence-electron chi connectivity index (χ1n) is 6.30. The Hall–Kier alpha value is -0.440. The average Bonchev–Trinajstić information content (AvgIpc) is 2.89. The fourth-order valence-electron chi connectivity index (χ4n) is 2.31. The number of alkyl halides is 1. The number of methoxy groups -OCH3 is 1. The molecule has 1 aromatic carbocycles. The summed E-state index contributed by atoms with van der Waals surface area (Å²) in [6.45, 7) is 0.887. The van der Waals surface area contributed by atoms with Gasteiger partial charge in [-0.2, -0.15) is 0 Å². The third-order valence-corrected chi connectivity index (χ3v) is 3.98. The van der Waals surface area contributed by atoms with Gasteiger partial charge in [0.2, 0.25) is 0 Å². The fraction of sp³-hybridized carbons (Fsp3) is 0.571. The SMILES string of the molecule is COc1ccc(Cl)cc1C(Cl)CCC1CCCO1. The van der Waals surface area contributed by atoms with Gasteiger partial charge in [0.25, 0.3) is 0 Å². The van der Waals surface area contributed by atoms with E-state index >= 15 is 0 Å². The van der Waals surface area contributed by atoms with Crippen molar-refractivity contribution in [2.45, 2.75) is 37.2 Å². The van der Waals surface area contributed by atoms with Crippen LogP contribution in [-0.4, -0.2) is 19.8 Å². The van der Waals surface area contributed by atoms with Crippen molar-refractivity contribution in [3.8, 4) is 5.75 Å². The zero-order chi connectivity index (χ0) is 13.0. The third kappa shape index (κ3) is 3.53. The van der Waals surface area contributed by atoms with E-state index in [1.54, 1.807) is 7.11 Å². The minimum Gasteiger partial charge on any atom is -0.496 e. The van der Waals surface area contributed by atoms with E-state index < -0.39 is 0 Å². The Morgan fingerprint density at radius 3 is 3.00 bits per heavy atom.